The summed E-state index contributed by atoms with van der Waals surface area (Å²) in [6.45, 7) is 2.41. The van der Waals surface area contributed by atoms with Crippen molar-refractivity contribution < 1.29 is 9.84 Å². The maximum absolute atomic E-state index is 11.0. The van der Waals surface area contributed by atoms with Gasteiger partial charge in [0.25, 0.3) is 0 Å². The molecule has 0 fully saturated rings. The van der Waals surface area contributed by atoms with E-state index in [0.29, 0.717) is 17.2 Å². The number of benzene rings is 2. The molecule has 0 amide bonds. The molecule has 20 heavy (non-hydrogen) atoms. The molecule has 3 rings (SSSR count). The zero-order chi connectivity index (χ0) is 14.3. The van der Waals surface area contributed by atoms with Crippen molar-refractivity contribution in [1.82, 2.24) is 0 Å². The fraction of sp³-hybridized carbons (Fsp3) is 0.250. The molecule has 1 aliphatic heterocycles. The second-order valence-electron chi connectivity index (χ2n) is 5.09. The molecule has 0 aromatic heterocycles. The molecule has 1 N–H and O–H groups in total. The molecule has 2 aromatic rings. The second kappa shape index (κ2) is 5.06. The predicted octanol–water partition coefficient (Wildman–Crippen LogP) is 4.29. The Hall–Kier alpha value is -1.03. The first-order valence-corrected chi connectivity index (χ1v) is 7.60. The molecule has 1 heterocycles. The van der Waals surface area contributed by atoms with Crippen LogP contribution < -0.4 is 4.74 Å². The molecule has 0 aliphatic carbocycles. The lowest BCUT2D eigenvalue weighted by atomic mass is 9.86. The van der Waals surface area contributed by atoms with E-state index in [2.05, 4.69) is 15.9 Å². The minimum Gasteiger partial charge on any atom is -0.493 e. The van der Waals surface area contributed by atoms with Gasteiger partial charge in [0, 0.05) is 27.0 Å². The van der Waals surface area contributed by atoms with Crippen LogP contribution in [0.25, 0.3) is 0 Å². The average Bonchev–Trinajstić information content (AvgIpc) is 2.85. The fourth-order valence-corrected chi connectivity index (χ4v) is 3.49. The van der Waals surface area contributed by atoms with Crippen molar-refractivity contribution in [2.75, 3.05) is 6.61 Å². The van der Waals surface area contributed by atoms with E-state index in [1.54, 1.807) is 13.0 Å². The number of hydrogen-bond acceptors (Lipinski definition) is 2. The van der Waals surface area contributed by atoms with Gasteiger partial charge in [0.1, 0.15) is 11.4 Å². The third-order valence-corrected chi connectivity index (χ3v) is 4.50. The molecule has 1 unspecified atom stereocenters. The van der Waals surface area contributed by atoms with Crippen molar-refractivity contribution >= 4 is 27.5 Å². The van der Waals surface area contributed by atoms with Crippen molar-refractivity contribution in [2.45, 2.75) is 18.9 Å². The highest BCUT2D eigenvalue weighted by atomic mass is 79.9. The normalized spacial score (nSPS) is 16.4. The molecule has 4 heteroatoms. The van der Waals surface area contributed by atoms with Crippen LogP contribution in [0.1, 0.15) is 23.6 Å². The molecule has 2 nitrogen and oxygen atoms in total. The number of ether oxygens (including phenoxy) is 1. The summed E-state index contributed by atoms with van der Waals surface area (Å²) in [4.78, 5) is 0. The first-order valence-electron chi connectivity index (χ1n) is 6.43. The van der Waals surface area contributed by atoms with Gasteiger partial charge >= 0.3 is 0 Å². The van der Waals surface area contributed by atoms with E-state index in [4.69, 9.17) is 16.3 Å². The fourth-order valence-electron chi connectivity index (χ4n) is 2.63. The first kappa shape index (κ1) is 13.9. The molecule has 0 spiro atoms. The Kier molecular flexibility index (Phi) is 3.53. The van der Waals surface area contributed by atoms with E-state index in [1.807, 2.05) is 30.3 Å². The monoisotopic (exact) mass is 352 g/mol. The lowest BCUT2D eigenvalue weighted by Crippen LogP contribution is -2.24. The van der Waals surface area contributed by atoms with Crippen LogP contribution in [-0.2, 0) is 12.0 Å². The Bertz CT molecular complexity index is 668. The molecule has 0 saturated heterocycles. The lowest BCUT2D eigenvalue weighted by molar-refractivity contribution is 0.0989. The average molecular weight is 354 g/mol. The summed E-state index contributed by atoms with van der Waals surface area (Å²) >= 11 is 9.66. The van der Waals surface area contributed by atoms with E-state index in [0.717, 1.165) is 27.8 Å². The molecule has 0 bridgehead atoms. The van der Waals surface area contributed by atoms with Crippen molar-refractivity contribution in [3.05, 3.63) is 62.6 Å². The SMILES string of the molecule is CC(O)(c1ccc(Br)cc1Cl)c1cccc2c1OCC2. The van der Waals surface area contributed by atoms with Crippen molar-refractivity contribution in [3.63, 3.8) is 0 Å². The maximum atomic E-state index is 11.0. The van der Waals surface area contributed by atoms with Gasteiger partial charge in [-0.2, -0.15) is 0 Å². The predicted molar refractivity (Wildman–Crippen MR) is 83.5 cm³/mol. The van der Waals surface area contributed by atoms with Gasteiger partial charge in [-0.05, 0) is 24.6 Å². The Labute approximate surface area is 131 Å². The van der Waals surface area contributed by atoms with E-state index >= 15 is 0 Å². The smallest absolute Gasteiger partial charge is 0.129 e. The molecular weight excluding hydrogens is 340 g/mol. The zero-order valence-electron chi connectivity index (χ0n) is 11.0. The van der Waals surface area contributed by atoms with Crippen molar-refractivity contribution in [1.29, 1.82) is 0 Å². The second-order valence-corrected chi connectivity index (χ2v) is 6.41. The van der Waals surface area contributed by atoms with Crippen LogP contribution in [0.4, 0.5) is 0 Å². The highest BCUT2D eigenvalue weighted by molar-refractivity contribution is 9.10. The van der Waals surface area contributed by atoms with Gasteiger partial charge in [0.05, 0.1) is 6.61 Å². The summed E-state index contributed by atoms with van der Waals surface area (Å²) < 4.78 is 6.57. The van der Waals surface area contributed by atoms with Crippen LogP contribution in [0.2, 0.25) is 5.02 Å². The van der Waals surface area contributed by atoms with Crippen LogP contribution >= 0.6 is 27.5 Å². The third-order valence-electron chi connectivity index (χ3n) is 3.69. The summed E-state index contributed by atoms with van der Waals surface area (Å²) in [6, 6.07) is 11.4. The summed E-state index contributed by atoms with van der Waals surface area (Å²) in [5.41, 5.74) is 1.38. The molecule has 0 radical (unpaired) electrons. The Balaban J connectivity index is 2.15. The maximum Gasteiger partial charge on any atom is 0.129 e. The van der Waals surface area contributed by atoms with Gasteiger partial charge in [0.15, 0.2) is 0 Å². The van der Waals surface area contributed by atoms with Crippen LogP contribution in [0.5, 0.6) is 5.75 Å². The van der Waals surface area contributed by atoms with Crippen LogP contribution in [0.15, 0.2) is 40.9 Å². The number of fused-ring (bicyclic) bond motifs is 1. The van der Waals surface area contributed by atoms with Gasteiger partial charge in [-0.15, -0.1) is 0 Å². The zero-order valence-corrected chi connectivity index (χ0v) is 13.3. The van der Waals surface area contributed by atoms with E-state index in [-0.39, 0.29) is 0 Å². The largest absolute Gasteiger partial charge is 0.493 e. The molecule has 2 aromatic carbocycles. The highest BCUT2D eigenvalue weighted by Crippen LogP contribution is 2.42. The number of para-hydroxylation sites is 1. The van der Waals surface area contributed by atoms with Crippen LogP contribution in [0, 0.1) is 0 Å². The molecule has 1 atom stereocenters. The summed E-state index contributed by atoms with van der Waals surface area (Å²) in [5, 5.41) is 11.5. The summed E-state index contributed by atoms with van der Waals surface area (Å²) in [7, 11) is 0. The van der Waals surface area contributed by atoms with Crippen LogP contribution in [0.3, 0.4) is 0 Å². The molecule has 0 saturated carbocycles. The van der Waals surface area contributed by atoms with Gasteiger partial charge in [-0.3, -0.25) is 0 Å². The number of aliphatic hydroxyl groups is 1. The topological polar surface area (TPSA) is 29.5 Å². The minimum absolute atomic E-state index is 0.528. The lowest BCUT2D eigenvalue weighted by Gasteiger charge is -2.27. The van der Waals surface area contributed by atoms with Gasteiger partial charge in [-0.25, -0.2) is 0 Å². The number of hydrogen-bond donors (Lipinski definition) is 1. The number of halogens is 2. The first-order chi connectivity index (χ1) is 9.50. The Morgan fingerprint density at radius 3 is 2.80 bits per heavy atom. The summed E-state index contributed by atoms with van der Waals surface area (Å²) in [6.07, 6.45) is 0.882. The van der Waals surface area contributed by atoms with E-state index < -0.39 is 5.60 Å². The Morgan fingerprint density at radius 2 is 2.05 bits per heavy atom. The van der Waals surface area contributed by atoms with E-state index in [9.17, 15) is 5.11 Å². The highest BCUT2D eigenvalue weighted by Gasteiger charge is 2.33. The number of rotatable bonds is 2. The molecule has 1 aliphatic rings. The summed E-state index contributed by atoms with van der Waals surface area (Å²) in [5.74, 6) is 0.788. The standard InChI is InChI=1S/C16H14BrClO2/c1-16(19,12-6-5-11(17)9-14(12)18)13-4-2-3-10-7-8-20-15(10)13/h2-6,9,19H,7-8H2,1H3. The molecular formula is C16H14BrClO2. The van der Waals surface area contributed by atoms with Crippen molar-refractivity contribution in [2.24, 2.45) is 0 Å². The van der Waals surface area contributed by atoms with E-state index in [1.165, 1.54) is 0 Å². The van der Waals surface area contributed by atoms with Gasteiger partial charge in [-0.1, -0.05) is 51.8 Å². The molecule has 104 valence electrons. The van der Waals surface area contributed by atoms with Crippen LogP contribution in [-0.4, -0.2) is 11.7 Å². The quantitative estimate of drug-likeness (QED) is 0.872. The van der Waals surface area contributed by atoms with Gasteiger partial charge < -0.3 is 9.84 Å². The van der Waals surface area contributed by atoms with Crippen molar-refractivity contribution in [3.8, 4) is 5.75 Å². The third kappa shape index (κ3) is 2.24. The Morgan fingerprint density at radius 1 is 1.25 bits per heavy atom. The van der Waals surface area contributed by atoms with Gasteiger partial charge in [0.2, 0.25) is 0 Å². The minimum atomic E-state index is -1.19.